The van der Waals surface area contributed by atoms with Crippen molar-refractivity contribution in [3.8, 4) is 17.2 Å². The summed E-state index contributed by atoms with van der Waals surface area (Å²) in [5, 5.41) is 15.9. The van der Waals surface area contributed by atoms with E-state index < -0.39 is 18.4 Å². The highest BCUT2D eigenvalue weighted by Gasteiger charge is 2.16. The highest BCUT2D eigenvalue weighted by atomic mass is 35.5. The van der Waals surface area contributed by atoms with Crippen molar-refractivity contribution in [2.45, 2.75) is 13.8 Å². The Bertz CT molecular complexity index is 1080. The maximum Gasteiger partial charge on any atom is 0.322 e. The Balaban J connectivity index is 1.80. The molecule has 0 saturated carbocycles. The molecule has 0 saturated heterocycles. The number of hydrogen-bond acceptors (Lipinski definition) is 5. The number of halogens is 1. The summed E-state index contributed by atoms with van der Waals surface area (Å²) < 4.78 is 7.67. The summed E-state index contributed by atoms with van der Waals surface area (Å²) >= 11 is 6.11. The lowest BCUT2D eigenvalue weighted by Crippen LogP contribution is -2.29. The molecule has 1 amide bonds. The predicted octanol–water partition coefficient (Wildman–Crippen LogP) is 3.33. The van der Waals surface area contributed by atoms with Gasteiger partial charge in [0.15, 0.2) is 5.75 Å². The van der Waals surface area contributed by atoms with Crippen LogP contribution >= 0.6 is 11.6 Å². The molecule has 29 heavy (non-hydrogen) atoms. The van der Waals surface area contributed by atoms with Crippen LogP contribution in [0.15, 0.2) is 42.5 Å². The van der Waals surface area contributed by atoms with Gasteiger partial charge in [-0.2, -0.15) is 5.10 Å². The summed E-state index contributed by atoms with van der Waals surface area (Å²) in [6, 6.07) is 11.6. The number of hydrogen-bond donors (Lipinski definition) is 3. The van der Waals surface area contributed by atoms with E-state index in [0.29, 0.717) is 33.5 Å². The van der Waals surface area contributed by atoms with Crippen molar-refractivity contribution >= 4 is 29.2 Å². The number of aliphatic carboxylic acids is 1. The second-order valence-corrected chi connectivity index (χ2v) is 6.73. The molecule has 4 N–H and O–H groups in total. The fourth-order valence-corrected chi connectivity index (χ4v) is 2.90. The first-order valence-corrected chi connectivity index (χ1v) is 9.03. The topological polar surface area (TPSA) is 119 Å². The third kappa shape index (κ3) is 4.49. The summed E-state index contributed by atoms with van der Waals surface area (Å²) in [5.41, 5.74) is 8.79. The number of nitrogens with two attached hydrogens (primary N) is 1. The van der Waals surface area contributed by atoms with E-state index in [0.717, 1.165) is 11.4 Å². The summed E-state index contributed by atoms with van der Waals surface area (Å²) in [6.45, 7) is 3.25. The van der Waals surface area contributed by atoms with Crippen LogP contribution in [0.4, 0.5) is 5.69 Å². The molecule has 2 aromatic carbocycles. The molecule has 1 heterocycles. The Morgan fingerprint density at radius 3 is 2.52 bits per heavy atom. The minimum atomic E-state index is -1.11. The van der Waals surface area contributed by atoms with Gasteiger partial charge in [0.1, 0.15) is 18.0 Å². The lowest BCUT2D eigenvalue weighted by molar-refractivity contribution is -0.135. The highest BCUT2D eigenvalue weighted by molar-refractivity contribution is 6.33. The third-order valence-corrected chi connectivity index (χ3v) is 4.52. The van der Waals surface area contributed by atoms with E-state index in [1.807, 2.05) is 19.9 Å². The van der Waals surface area contributed by atoms with Crippen molar-refractivity contribution in [2.75, 3.05) is 12.3 Å². The Kier molecular flexibility index (Phi) is 5.74. The second-order valence-electron chi connectivity index (χ2n) is 6.32. The number of carboxylic acids is 1. The molecule has 0 spiro atoms. The number of nitrogen functional groups attached to an aromatic ring is 1. The van der Waals surface area contributed by atoms with Gasteiger partial charge in [0.05, 0.1) is 22.1 Å². The SMILES string of the molecule is Cc1nn(-c2ccc(N)c(Cl)c2)c(C)c1Oc1ccc(C(=O)NCC(=O)O)cc1. The van der Waals surface area contributed by atoms with Crippen LogP contribution in [0.3, 0.4) is 0 Å². The van der Waals surface area contributed by atoms with Gasteiger partial charge in [-0.15, -0.1) is 0 Å². The van der Waals surface area contributed by atoms with Crippen molar-refractivity contribution < 1.29 is 19.4 Å². The van der Waals surface area contributed by atoms with E-state index in [1.165, 1.54) is 0 Å². The van der Waals surface area contributed by atoms with E-state index in [9.17, 15) is 9.59 Å². The van der Waals surface area contributed by atoms with Gasteiger partial charge < -0.3 is 20.9 Å². The van der Waals surface area contributed by atoms with Gasteiger partial charge in [-0.3, -0.25) is 9.59 Å². The molecular formula is C20H19ClN4O4. The molecule has 3 rings (SSSR count). The van der Waals surface area contributed by atoms with E-state index >= 15 is 0 Å². The number of carbonyl (C=O) groups excluding carboxylic acids is 1. The Morgan fingerprint density at radius 2 is 1.90 bits per heavy atom. The van der Waals surface area contributed by atoms with Crippen molar-refractivity contribution in [3.63, 3.8) is 0 Å². The highest BCUT2D eigenvalue weighted by Crippen LogP contribution is 2.31. The van der Waals surface area contributed by atoms with Crippen LogP contribution in [0.2, 0.25) is 5.02 Å². The Labute approximate surface area is 171 Å². The largest absolute Gasteiger partial charge is 0.480 e. The van der Waals surface area contributed by atoms with Crippen molar-refractivity contribution in [1.29, 1.82) is 0 Å². The van der Waals surface area contributed by atoms with Gasteiger partial charge in [-0.1, -0.05) is 11.6 Å². The first kappa shape index (κ1) is 20.2. The van der Waals surface area contributed by atoms with Crippen molar-refractivity contribution in [3.05, 3.63) is 64.4 Å². The second kappa shape index (κ2) is 8.24. The van der Waals surface area contributed by atoms with Crippen LogP contribution < -0.4 is 15.8 Å². The van der Waals surface area contributed by atoms with Crippen molar-refractivity contribution in [1.82, 2.24) is 15.1 Å². The molecule has 0 aliphatic rings. The first-order chi connectivity index (χ1) is 13.8. The molecule has 0 aliphatic carbocycles. The van der Waals surface area contributed by atoms with Gasteiger partial charge in [0.25, 0.3) is 5.91 Å². The molecule has 0 unspecified atom stereocenters. The molecule has 0 fully saturated rings. The minimum absolute atomic E-state index is 0.333. The lowest BCUT2D eigenvalue weighted by atomic mass is 10.2. The molecule has 150 valence electrons. The maximum atomic E-state index is 11.9. The van der Waals surface area contributed by atoms with Gasteiger partial charge in [-0.25, -0.2) is 4.68 Å². The molecule has 3 aromatic rings. The third-order valence-electron chi connectivity index (χ3n) is 4.19. The van der Waals surface area contributed by atoms with Gasteiger partial charge in [0.2, 0.25) is 0 Å². The zero-order valence-electron chi connectivity index (χ0n) is 15.8. The van der Waals surface area contributed by atoms with Crippen LogP contribution in [0.25, 0.3) is 5.69 Å². The monoisotopic (exact) mass is 414 g/mol. The standard InChI is InChI=1S/C20H19ClN4O4/c1-11-19(12(2)25(24-11)14-5-8-17(22)16(21)9-14)29-15-6-3-13(4-7-15)20(28)23-10-18(26)27/h3-9H,10,22H2,1-2H3,(H,23,28)(H,26,27). The summed E-state index contributed by atoms with van der Waals surface area (Å²) in [6.07, 6.45) is 0. The van der Waals surface area contributed by atoms with Gasteiger partial charge in [0, 0.05) is 5.56 Å². The molecule has 0 bridgehead atoms. The average Bonchev–Trinajstić information content (AvgIpc) is 2.97. The van der Waals surface area contributed by atoms with E-state index in [1.54, 1.807) is 41.1 Å². The zero-order chi connectivity index (χ0) is 21.1. The number of rotatable bonds is 6. The zero-order valence-corrected chi connectivity index (χ0v) is 16.5. The average molecular weight is 415 g/mol. The molecule has 9 heteroatoms. The molecular weight excluding hydrogens is 396 g/mol. The fraction of sp³-hybridized carbons (Fsp3) is 0.150. The predicted molar refractivity (Wildman–Crippen MR) is 109 cm³/mol. The number of nitrogens with one attached hydrogen (secondary N) is 1. The number of amides is 1. The Hall–Kier alpha value is -3.52. The number of nitrogens with zero attached hydrogens (tertiary/aromatic N) is 2. The van der Waals surface area contributed by atoms with Crippen molar-refractivity contribution in [2.24, 2.45) is 0 Å². The van der Waals surface area contributed by atoms with Gasteiger partial charge in [-0.05, 0) is 56.3 Å². The van der Waals surface area contributed by atoms with E-state index in [4.69, 9.17) is 27.2 Å². The van der Waals surface area contributed by atoms with Crippen LogP contribution in [0.1, 0.15) is 21.7 Å². The van der Waals surface area contributed by atoms with Crippen LogP contribution in [0, 0.1) is 13.8 Å². The lowest BCUT2D eigenvalue weighted by Gasteiger charge is -2.09. The molecule has 8 nitrogen and oxygen atoms in total. The molecule has 0 radical (unpaired) electrons. The number of benzene rings is 2. The van der Waals surface area contributed by atoms with Gasteiger partial charge >= 0.3 is 5.97 Å². The summed E-state index contributed by atoms with van der Waals surface area (Å²) in [4.78, 5) is 22.4. The molecule has 0 aliphatic heterocycles. The summed E-state index contributed by atoms with van der Waals surface area (Å²) in [7, 11) is 0. The summed E-state index contributed by atoms with van der Waals surface area (Å²) in [5.74, 6) is -0.482. The number of carboxylic acid groups (broad SMARTS) is 1. The Morgan fingerprint density at radius 1 is 1.21 bits per heavy atom. The van der Waals surface area contributed by atoms with E-state index in [-0.39, 0.29) is 0 Å². The molecule has 0 atom stereocenters. The van der Waals surface area contributed by atoms with E-state index in [2.05, 4.69) is 10.4 Å². The maximum absolute atomic E-state index is 11.9. The quantitative estimate of drug-likeness (QED) is 0.532. The number of aryl methyl sites for hydroxylation is 1. The van der Waals surface area contributed by atoms with Crippen LogP contribution in [-0.2, 0) is 4.79 Å². The minimum Gasteiger partial charge on any atom is -0.480 e. The van der Waals surface area contributed by atoms with Crippen LogP contribution in [0.5, 0.6) is 11.5 Å². The number of aromatic nitrogens is 2. The van der Waals surface area contributed by atoms with Crippen LogP contribution in [-0.4, -0.2) is 33.3 Å². The number of anilines is 1. The first-order valence-electron chi connectivity index (χ1n) is 8.66. The normalized spacial score (nSPS) is 10.6. The number of carbonyl (C=O) groups is 2. The smallest absolute Gasteiger partial charge is 0.322 e. The molecule has 1 aromatic heterocycles. The fourth-order valence-electron chi connectivity index (χ4n) is 2.73. The number of ether oxygens (including phenoxy) is 1.